The first-order valence-corrected chi connectivity index (χ1v) is 7.13. The van der Waals surface area contributed by atoms with Crippen molar-refractivity contribution in [3.05, 3.63) is 48.7 Å². The number of nitrogen functional groups attached to an aromatic ring is 1. The van der Waals surface area contributed by atoms with E-state index in [0.717, 1.165) is 36.0 Å². The summed E-state index contributed by atoms with van der Waals surface area (Å²) in [6, 6.07) is 7.76. The lowest BCUT2D eigenvalue weighted by Crippen LogP contribution is -2.28. The molecule has 3 aromatic rings. The molecule has 21 heavy (non-hydrogen) atoms. The van der Waals surface area contributed by atoms with Gasteiger partial charge < -0.3 is 10.3 Å². The number of aryl methyl sites for hydroxylation is 1. The monoisotopic (exact) mass is 280 g/mol. The first-order valence-electron chi connectivity index (χ1n) is 7.13. The zero-order valence-electron chi connectivity index (χ0n) is 11.6. The fourth-order valence-corrected chi connectivity index (χ4v) is 3.16. The molecule has 0 saturated heterocycles. The van der Waals surface area contributed by atoms with Crippen molar-refractivity contribution in [3.8, 4) is 0 Å². The number of anilines is 1. The molecular formula is C16H16N4O. The minimum atomic E-state index is -0.00981. The highest BCUT2D eigenvalue weighted by molar-refractivity contribution is 5.99. The van der Waals surface area contributed by atoms with Crippen LogP contribution in [0.25, 0.3) is 10.9 Å². The van der Waals surface area contributed by atoms with Crippen molar-refractivity contribution in [2.45, 2.75) is 19.4 Å². The predicted octanol–water partition coefficient (Wildman–Crippen LogP) is 2.32. The van der Waals surface area contributed by atoms with E-state index in [2.05, 4.69) is 9.55 Å². The Morgan fingerprint density at radius 3 is 3.10 bits per heavy atom. The molecule has 1 unspecified atom stereocenters. The summed E-state index contributed by atoms with van der Waals surface area (Å²) in [7, 11) is 0. The molecule has 106 valence electrons. The van der Waals surface area contributed by atoms with Crippen LogP contribution < -0.4 is 5.73 Å². The highest BCUT2D eigenvalue weighted by atomic mass is 16.2. The molecule has 1 aliphatic rings. The standard InChI is InChI=1S/C16H16N4O/c17-14-9-20(15-4-2-1-3-13(14)15)16(21)11-5-6-19-10-18-8-12(19)7-11/h1-4,8-11H,5-7,17H2. The van der Waals surface area contributed by atoms with Crippen LogP contribution in [0.2, 0.25) is 0 Å². The molecule has 5 heteroatoms. The van der Waals surface area contributed by atoms with Crippen LogP contribution in [0.15, 0.2) is 43.0 Å². The van der Waals surface area contributed by atoms with Crippen molar-refractivity contribution in [2.75, 3.05) is 5.73 Å². The van der Waals surface area contributed by atoms with Gasteiger partial charge in [-0.3, -0.25) is 9.36 Å². The van der Waals surface area contributed by atoms with Crippen LogP contribution >= 0.6 is 0 Å². The molecule has 3 heterocycles. The Bertz CT molecular complexity index is 830. The Hall–Kier alpha value is -2.56. The number of fused-ring (bicyclic) bond motifs is 2. The average Bonchev–Trinajstić information content (AvgIpc) is 3.11. The van der Waals surface area contributed by atoms with E-state index < -0.39 is 0 Å². The van der Waals surface area contributed by atoms with E-state index in [0.29, 0.717) is 5.69 Å². The molecule has 5 nitrogen and oxygen atoms in total. The lowest BCUT2D eigenvalue weighted by atomic mass is 9.95. The van der Waals surface area contributed by atoms with Gasteiger partial charge in [-0.15, -0.1) is 0 Å². The molecular weight excluding hydrogens is 264 g/mol. The van der Waals surface area contributed by atoms with Gasteiger partial charge in [0.25, 0.3) is 0 Å². The van der Waals surface area contributed by atoms with Crippen LogP contribution in [-0.4, -0.2) is 20.0 Å². The minimum Gasteiger partial charge on any atom is -0.397 e. The number of para-hydroxylation sites is 1. The van der Waals surface area contributed by atoms with E-state index in [-0.39, 0.29) is 11.8 Å². The third kappa shape index (κ3) is 1.85. The third-order valence-corrected chi connectivity index (χ3v) is 4.30. The summed E-state index contributed by atoms with van der Waals surface area (Å²) >= 11 is 0. The quantitative estimate of drug-likeness (QED) is 0.744. The van der Waals surface area contributed by atoms with E-state index in [4.69, 9.17) is 5.73 Å². The summed E-state index contributed by atoms with van der Waals surface area (Å²) in [5.74, 6) is 0.111. The number of carbonyl (C=O) groups is 1. The largest absolute Gasteiger partial charge is 0.397 e. The second kappa shape index (κ2) is 4.48. The molecule has 0 saturated carbocycles. The summed E-state index contributed by atoms with van der Waals surface area (Å²) in [5.41, 5.74) is 8.69. The highest BCUT2D eigenvalue weighted by Crippen LogP contribution is 2.27. The molecule has 1 atom stereocenters. The number of hydrogen-bond donors (Lipinski definition) is 1. The van der Waals surface area contributed by atoms with Crippen LogP contribution in [0.4, 0.5) is 5.69 Å². The zero-order valence-corrected chi connectivity index (χ0v) is 11.6. The van der Waals surface area contributed by atoms with Gasteiger partial charge >= 0.3 is 0 Å². The molecule has 0 spiro atoms. The van der Waals surface area contributed by atoms with Crippen LogP contribution in [-0.2, 0) is 13.0 Å². The molecule has 4 rings (SSSR count). The molecule has 1 aromatic carbocycles. The smallest absolute Gasteiger partial charge is 0.234 e. The van der Waals surface area contributed by atoms with Gasteiger partial charge in [0.2, 0.25) is 5.91 Å². The van der Waals surface area contributed by atoms with Gasteiger partial charge in [0.15, 0.2) is 0 Å². The van der Waals surface area contributed by atoms with Gasteiger partial charge in [-0.2, -0.15) is 0 Å². The summed E-state index contributed by atoms with van der Waals surface area (Å²) in [5, 5.41) is 0.937. The normalized spacial score (nSPS) is 17.8. The molecule has 0 radical (unpaired) electrons. The average molecular weight is 280 g/mol. The molecule has 2 N–H and O–H groups in total. The number of aromatic nitrogens is 3. The van der Waals surface area contributed by atoms with Crippen molar-refractivity contribution < 1.29 is 4.79 Å². The Morgan fingerprint density at radius 2 is 2.19 bits per heavy atom. The molecule has 0 amide bonds. The van der Waals surface area contributed by atoms with E-state index in [1.807, 2.05) is 36.8 Å². The summed E-state index contributed by atoms with van der Waals surface area (Å²) in [4.78, 5) is 17.0. The first-order chi connectivity index (χ1) is 10.2. The Morgan fingerprint density at radius 1 is 1.33 bits per heavy atom. The lowest BCUT2D eigenvalue weighted by Gasteiger charge is -2.23. The number of benzene rings is 1. The van der Waals surface area contributed by atoms with Crippen molar-refractivity contribution >= 4 is 22.5 Å². The number of imidazole rings is 1. The van der Waals surface area contributed by atoms with Crippen molar-refractivity contribution in [1.29, 1.82) is 0 Å². The minimum absolute atomic E-state index is 0.00981. The lowest BCUT2D eigenvalue weighted by molar-refractivity contribution is 0.0818. The third-order valence-electron chi connectivity index (χ3n) is 4.30. The van der Waals surface area contributed by atoms with Gasteiger partial charge in [0.05, 0.1) is 17.5 Å². The topological polar surface area (TPSA) is 65.8 Å². The Kier molecular flexibility index (Phi) is 2.60. The van der Waals surface area contributed by atoms with E-state index >= 15 is 0 Å². The van der Waals surface area contributed by atoms with Crippen molar-refractivity contribution in [1.82, 2.24) is 14.1 Å². The van der Waals surface area contributed by atoms with Gasteiger partial charge in [0, 0.05) is 42.4 Å². The van der Waals surface area contributed by atoms with Crippen LogP contribution in [0.5, 0.6) is 0 Å². The maximum absolute atomic E-state index is 12.8. The number of nitrogens with two attached hydrogens (primary N) is 1. The summed E-state index contributed by atoms with van der Waals surface area (Å²) < 4.78 is 3.83. The van der Waals surface area contributed by atoms with Crippen LogP contribution in [0.3, 0.4) is 0 Å². The SMILES string of the molecule is Nc1cn(C(=O)C2CCn3cncc3C2)c2ccccc12. The number of nitrogens with zero attached hydrogens (tertiary/aromatic N) is 3. The van der Waals surface area contributed by atoms with Gasteiger partial charge in [0.1, 0.15) is 0 Å². The number of carbonyl (C=O) groups excluding carboxylic acids is 1. The maximum atomic E-state index is 12.8. The highest BCUT2D eigenvalue weighted by Gasteiger charge is 2.27. The molecule has 2 aromatic heterocycles. The molecule has 0 bridgehead atoms. The fourth-order valence-electron chi connectivity index (χ4n) is 3.16. The molecule has 0 aliphatic carbocycles. The number of hydrogen-bond acceptors (Lipinski definition) is 3. The van der Waals surface area contributed by atoms with Gasteiger partial charge in [-0.05, 0) is 12.5 Å². The Balaban J connectivity index is 1.71. The van der Waals surface area contributed by atoms with Crippen LogP contribution in [0, 0.1) is 5.92 Å². The van der Waals surface area contributed by atoms with Crippen LogP contribution in [0.1, 0.15) is 16.9 Å². The van der Waals surface area contributed by atoms with E-state index in [1.54, 1.807) is 10.8 Å². The predicted molar refractivity (Wildman–Crippen MR) is 81.0 cm³/mol. The van der Waals surface area contributed by atoms with E-state index in [9.17, 15) is 4.79 Å². The first kappa shape index (κ1) is 12.2. The van der Waals surface area contributed by atoms with E-state index in [1.165, 1.54) is 0 Å². The second-order valence-corrected chi connectivity index (χ2v) is 5.58. The molecule has 0 fully saturated rings. The second-order valence-electron chi connectivity index (χ2n) is 5.58. The summed E-state index contributed by atoms with van der Waals surface area (Å²) in [6.45, 7) is 0.848. The Labute approximate surface area is 122 Å². The van der Waals surface area contributed by atoms with Crippen molar-refractivity contribution in [3.63, 3.8) is 0 Å². The van der Waals surface area contributed by atoms with Gasteiger partial charge in [-0.25, -0.2) is 4.98 Å². The maximum Gasteiger partial charge on any atom is 0.234 e. The van der Waals surface area contributed by atoms with Gasteiger partial charge in [-0.1, -0.05) is 18.2 Å². The summed E-state index contributed by atoms with van der Waals surface area (Å²) in [6.07, 6.45) is 7.01. The fraction of sp³-hybridized carbons (Fsp3) is 0.250. The molecule has 1 aliphatic heterocycles. The number of rotatable bonds is 1. The van der Waals surface area contributed by atoms with Crippen molar-refractivity contribution in [2.24, 2.45) is 5.92 Å². The zero-order chi connectivity index (χ0) is 14.4.